The first kappa shape index (κ1) is 20.5. The van der Waals surface area contributed by atoms with Crippen LogP contribution in [-0.4, -0.2) is 0 Å². The van der Waals surface area contributed by atoms with E-state index in [1.165, 1.54) is 0 Å². The molecule has 0 aliphatic carbocycles. The minimum absolute atomic E-state index is 0.479. The fraction of sp³-hybridized carbons (Fsp3) is 0.250. The highest BCUT2D eigenvalue weighted by molar-refractivity contribution is 6.18. The molecule has 35 heavy (non-hydrogen) atoms. The van der Waals surface area contributed by atoms with E-state index >= 15 is 0 Å². The van der Waals surface area contributed by atoms with Gasteiger partial charge in [-0.2, -0.15) is 4.57 Å². The van der Waals surface area contributed by atoms with Crippen LogP contribution in [0.5, 0.6) is 0 Å². The maximum Gasteiger partial charge on any atom is 0.229 e. The molecule has 5 aromatic rings. The fourth-order valence-electron chi connectivity index (χ4n) is 4.84. The van der Waals surface area contributed by atoms with Crippen LogP contribution < -0.4 is 4.57 Å². The molecule has 3 aromatic carbocycles. The molecule has 3 nitrogen and oxygen atoms in total. The Balaban J connectivity index is 1.90. The van der Waals surface area contributed by atoms with Gasteiger partial charge in [0.15, 0.2) is 5.69 Å². The van der Waals surface area contributed by atoms with Crippen LogP contribution in [0.2, 0.25) is 0 Å². The summed E-state index contributed by atoms with van der Waals surface area (Å²) >= 11 is 0. The van der Waals surface area contributed by atoms with E-state index in [9.17, 15) is 0 Å². The zero-order valence-electron chi connectivity index (χ0n) is 23.2. The van der Waals surface area contributed by atoms with Crippen LogP contribution in [0.1, 0.15) is 40.3 Å². The lowest BCUT2D eigenvalue weighted by atomic mass is 9.87. The molecule has 0 aliphatic heterocycles. The zero-order valence-corrected chi connectivity index (χ0v) is 21.2. The number of nitrogens with zero attached hydrogens (tertiary/aromatic N) is 2. The first-order valence-corrected chi connectivity index (χ1v) is 11.9. The third-order valence-corrected chi connectivity index (χ3v) is 6.50. The van der Waals surface area contributed by atoms with E-state index in [-0.39, 0.29) is 0 Å². The molecule has 0 unspecified atom stereocenters. The van der Waals surface area contributed by atoms with Crippen molar-refractivity contribution in [1.82, 2.24) is 0 Å². The highest BCUT2D eigenvalue weighted by Gasteiger charge is 2.25. The lowest BCUT2D eigenvalue weighted by Gasteiger charge is -2.18. The van der Waals surface area contributed by atoms with Crippen LogP contribution in [0.3, 0.4) is 0 Å². The molecule has 5 rings (SSSR count). The average molecular weight is 462 g/mol. The third-order valence-electron chi connectivity index (χ3n) is 6.50. The summed E-state index contributed by atoms with van der Waals surface area (Å²) < 4.78 is 26.5. The second kappa shape index (κ2) is 8.40. The number of aryl methyl sites for hydroxylation is 2. The maximum absolute atomic E-state index is 8.93. The van der Waals surface area contributed by atoms with Crippen LogP contribution in [0.25, 0.3) is 49.2 Å². The molecule has 0 N–H and O–H groups in total. The number of pyridine rings is 1. The van der Waals surface area contributed by atoms with E-state index in [0.29, 0.717) is 22.4 Å². The van der Waals surface area contributed by atoms with Gasteiger partial charge in [-0.05, 0) is 41.0 Å². The molecule has 2 heterocycles. The smallest absolute Gasteiger partial charge is 0.229 e. The molecule has 0 spiro atoms. The molecule has 0 saturated heterocycles. The highest BCUT2D eigenvalue weighted by atomic mass is 16.3. The summed E-state index contributed by atoms with van der Waals surface area (Å²) in [6.45, 7) is 17.6. The monoisotopic (exact) mass is 461 g/mol. The maximum atomic E-state index is 8.93. The number of rotatable bonds is 3. The van der Waals surface area contributed by atoms with Gasteiger partial charge in [-0.15, -0.1) is 0 Å². The number of furan rings is 1. The number of hydrogen-bond acceptors (Lipinski definition) is 1. The summed E-state index contributed by atoms with van der Waals surface area (Å²) in [6.07, 6.45) is -1.53. The van der Waals surface area contributed by atoms with E-state index in [0.717, 1.165) is 44.4 Å². The average Bonchev–Trinajstić information content (AvgIpc) is 3.24. The van der Waals surface area contributed by atoms with Crippen molar-refractivity contribution in [2.24, 2.45) is 12.5 Å². The van der Waals surface area contributed by atoms with E-state index in [1.54, 1.807) is 0 Å². The summed E-state index contributed by atoms with van der Waals surface area (Å²) in [5, 5.41) is 1.87. The summed E-state index contributed by atoms with van der Waals surface area (Å²) in [5.74, 6) is 0. The second-order valence-electron chi connectivity index (χ2n) is 10.3. The van der Waals surface area contributed by atoms with Crippen LogP contribution in [0.4, 0.5) is 5.69 Å². The summed E-state index contributed by atoms with van der Waals surface area (Å²) in [6, 6.07) is 22.1. The molecule has 2 aromatic heterocycles. The predicted molar refractivity (Wildman–Crippen MR) is 145 cm³/mol. The number of fused-ring (bicyclic) bond motifs is 3. The van der Waals surface area contributed by atoms with Crippen LogP contribution in [0.15, 0.2) is 71.1 Å². The van der Waals surface area contributed by atoms with Crippen LogP contribution >= 0.6 is 0 Å². The summed E-state index contributed by atoms with van der Waals surface area (Å²) in [5.41, 5.74) is 7.72. The molecule has 174 valence electrons. The Morgan fingerprint density at radius 2 is 1.71 bits per heavy atom. The van der Waals surface area contributed by atoms with Gasteiger partial charge in [0.05, 0.1) is 12.1 Å². The Morgan fingerprint density at radius 1 is 0.971 bits per heavy atom. The molecule has 0 saturated carbocycles. The van der Waals surface area contributed by atoms with Crippen LogP contribution in [0, 0.1) is 25.8 Å². The van der Waals surface area contributed by atoms with Gasteiger partial charge in [-0.1, -0.05) is 75.4 Å². The Bertz CT molecular complexity index is 1720. The van der Waals surface area contributed by atoms with Gasteiger partial charge in [0.1, 0.15) is 18.2 Å². The van der Waals surface area contributed by atoms with E-state index in [4.69, 9.17) is 13.7 Å². The standard InChI is InChI=1S/C32H31N2O/c1-20-13-14-25-29-24(23-11-9-8-10-12-23)15-16-26(33-6)31(29)35-30(25)28(20)27-18-22(19-32(3,4)5)17-21(2)34(27)7/h8-18H,19H2,1-5,7H3/q+1/i19D2. The minimum atomic E-state index is -1.53. The molecule has 0 aliphatic rings. The zero-order chi connectivity index (χ0) is 26.7. The topological polar surface area (TPSA) is 21.4 Å². The van der Waals surface area contributed by atoms with Crippen molar-refractivity contribution in [3.05, 3.63) is 95.0 Å². The van der Waals surface area contributed by atoms with Crippen molar-refractivity contribution in [2.75, 3.05) is 0 Å². The molecule has 0 fully saturated rings. The number of benzene rings is 3. The Hall–Kier alpha value is -3.90. The van der Waals surface area contributed by atoms with Gasteiger partial charge in [-0.25, -0.2) is 4.85 Å². The van der Waals surface area contributed by atoms with E-state index in [1.807, 2.05) is 77.2 Å². The molecule has 0 atom stereocenters. The van der Waals surface area contributed by atoms with Gasteiger partial charge in [0.2, 0.25) is 11.4 Å². The van der Waals surface area contributed by atoms with Gasteiger partial charge in [-0.3, -0.25) is 0 Å². The number of hydrogen-bond donors (Lipinski definition) is 0. The Kier molecular flexibility index (Phi) is 4.91. The van der Waals surface area contributed by atoms with Crippen LogP contribution in [-0.2, 0) is 13.4 Å². The predicted octanol–water partition coefficient (Wildman–Crippen LogP) is 8.50. The van der Waals surface area contributed by atoms with Gasteiger partial charge in [0.25, 0.3) is 0 Å². The molecule has 0 amide bonds. The minimum Gasteiger partial charge on any atom is -0.466 e. The normalized spacial score (nSPS) is 13.1. The Morgan fingerprint density at radius 3 is 2.40 bits per heavy atom. The largest absolute Gasteiger partial charge is 0.466 e. The lowest BCUT2D eigenvalue weighted by Crippen LogP contribution is -2.35. The van der Waals surface area contributed by atoms with Crippen molar-refractivity contribution in [1.29, 1.82) is 0 Å². The van der Waals surface area contributed by atoms with E-state index < -0.39 is 11.8 Å². The Labute approximate surface area is 210 Å². The summed E-state index contributed by atoms with van der Waals surface area (Å²) in [7, 11) is 2.00. The number of aromatic nitrogens is 1. The molecule has 0 radical (unpaired) electrons. The first-order chi connectivity index (χ1) is 17.5. The second-order valence-corrected chi connectivity index (χ2v) is 10.3. The van der Waals surface area contributed by atoms with Gasteiger partial charge >= 0.3 is 0 Å². The first-order valence-electron chi connectivity index (χ1n) is 12.9. The molecular weight excluding hydrogens is 428 g/mol. The quantitative estimate of drug-likeness (QED) is 0.195. The molecule has 3 heteroatoms. The molecule has 0 bridgehead atoms. The lowest BCUT2D eigenvalue weighted by molar-refractivity contribution is -0.666. The van der Waals surface area contributed by atoms with Crippen molar-refractivity contribution in [3.63, 3.8) is 0 Å². The van der Waals surface area contributed by atoms with Crippen molar-refractivity contribution in [2.45, 2.75) is 41.0 Å². The highest BCUT2D eigenvalue weighted by Crippen LogP contribution is 2.44. The molecular formula is C32H31N2O+. The third kappa shape index (κ3) is 4.00. The van der Waals surface area contributed by atoms with Gasteiger partial charge < -0.3 is 4.42 Å². The summed E-state index contributed by atoms with van der Waals surface area (Å²) in [4.78, 5) is 3.76. The van der Waals surface area contributed by atoms with Gasteiger partial charge in [0, 0.05) is 32.6 Å². The van der Waals surface area contributed by atoms with Crippen molar-refractivity contribution in [3.8, 4) is 22.4 Å². The SMILES string of the molecule is [2H]C([2H])(c1cc(C)[n+](C)c(-c2c(C)ccc3c2oc2c([N+]#[C-])ccc(-c4ccccc4)c23)c1)C(C)(C)C. The fourth-order valence-corrected chi connectivity index (χ4v) is 4.84. The van der Waals surface area contributed by atoms with Crippen molar-refractivity contribution < 1.29 is 11.7 Å². The van der Waals surface area contributed by atoms with Crippen molar-refractivity contribution >= 4 is 27.6 Å². The van der Waals surface area contributed by atoms with E-state index in [2.05, 4.69) is 40.6 Å².